The molecule has 1 saturated heterocycles. The van der Waals surface area contributed by atoms with E-state index in [4.69, 9.17) is 4.74 Å². The summed E-state index contributed by atoms with van der Waals surface area (Å²) in [5.41, 5.74) is 1.29. The van der Waals surface area contributed by atoms with Crippen LogP contribution in [-0.4, -0.2) is 38.7 Å². The van der Waals surface area contributed by atoms with Gasteiger partial charge in [0.2, 0.25) is 0 Å². The lowest BCUT2D eigenvalue weighted by molar-refractivity contribution is 0.234. The molecule has 0 bridgehead atoms. The number of piperidine rings is 1. The number of benzene rings is 1. The maximum Gasteiger partial charge on any atom is 0.123 e. The molecule has 0 amide bonds. The third-order valence-electron chi connectivity index (χ3n) is 4.04. The third-order valence-corrected chi connectivity index (χ3v) is 4.04. The van der Waals surface area contributed by atoms with Crippen LogP contribution < -0.4 is 10.1 Å². The van der Waals surface area contributed by atoms with Gasteiger partial charge in [-0.05, 0) is 46.0 Å². The van der Waals surface area contributed by atoms with E-state index in [-0.39, 0.29) is 0 Å². The van der Waals surface area contributed by atoms with E-state index in [0.29, 0.717) is 12.1 Å². The zero-order chi connectivity index (χ0) is 13.7. The minimum atomic E-state index is 0.409. The van der Waals surface area contributed by atoms with Crippen LogP contribution in [0.2, 0.25) is 0 Å². The van der Waals surface area contributed by atoms with Crippen LogP contribution in [0.5, 0.6) is 5.75 Å². The number of nitrogens with zero attached hydrogens (tertiary/aromatic N) is 1. The van der Waals surface area contributed by atoms with Gasteiger partial charge in [0.25, 0.3) is 0 Å². The van der Waals surface area contributed by atoms with E-state index in [9.17, 15) is 0 Å². The first-order valence-electron chi connectivity index (χ1n) is 7.25. The van der Waals surface area contributed by atoms with Gasteiger partial charge in [-0.25, -0.2) is 0 Å². The summed E-state index contributed by atoms with van der Waals surface area (Å²) in [6.45, 7) is 1.16. The zero-order valence-electron chi connectivity index (χ0n) is 12.4. The first-order chi connectivity index (χ1) is 9.22. The van der Waals surface area contributed by atoms with Gasteiger partial charge in [0.15, 0.2) is 0 Å². The average molecular weight is 262 g/mol. The van der Waals surface area contributed by atoms with Crippen molar-refractivity contribution in [1.29, 1.82) is 0 Å². The van der Waals surface area contributed by atoms with Gasteiger partial charge in [-0.1, -0.05) is 24.6 Å². The smallest absolute Gasteiger partial charge is 0.123 e. The number of hydrogen-bond donors (Lipinski definition) is 1. The molecule has 0 saturated carbocycles. The molecule has 0 aliphatic carbocycles. The van der Waals surface area contributed by atoms with Gasteiger partial charge in [0.1, 0.15) is 5.75 Å². The Balaban J connectivity index is 2.14. The quantitative estimate of drug-likeness (QED) is 0.883. The third kappa shape index (κ3) is 3.71. The fourth-order valence-electron chi connectivity index (χ4n) is 2.95. The van der Waals surface area contributed by atoms with Gasteiger partial charge in [-0.2, -0.15) is 0 Å². The molecule has 3 heteroatoms. The van der Waals surface area contributed by atoms with Crippen molar-refractivity contribution in [2.45, 2.75) is 37.8 Å². The predicted octanol–water partition coefficient (Wildman–Crippen LogP) is 2.83. The summed E-state index contributed by atoms with van der Waals surface area (Å²) in [5, 5.41) is 3.64. The molecule has 0 radical (unpaired) electrons. The van der Waals surface area contributed by atoms with E-state index < -0.39 is 0 Å². The molecule has 1 aromatic carbocycles. The molecule has 3 nitrogen and oxygen atoms in total. The van der Waals surface area contributed by atoms with Gasteiger partial charge < -0.3 is 15.0 Å². The van der Waals surface area contributed by atoms with Gasteiger partial charge in [0, 0.05) is 17.6 Å². The average Bonchev–Trinajstić information content (AvgIpc) is 2.45. The van der Waals surface area contributed by atoms with Gasteiger partial charge >= 0.3 is 0 Å². The van der Waals surface area contributed by atoms with Crippen LogP contribution in [0.1, 0.15) is 37.3 Å². The van der Waals surface area contributed by atoms with E-state index in [1.165, 1.54) is 24.8 Å². The molecule has 0 aromatic heterocycles. The van der Waals surface area contributed by atoms with Crippen molar-refractivity contribution in [3.05, 3.63) is 29.8 Å². The molecular weight excluding hydrogens is 236 g/mol. The summed E-state index contributed by atoms with van der Waals surface area (Å²) < 4.78 is 5.52. The van der Waals surface area contributed by atoms with Crippen molar-refractivity contribution in [2.75, 3.05) is 27.7 Å². The maximum atomic E-state index is 5.52. The standard InChI is InChI=1S/C16H26N2O/c1-18(2)15(12-13-8-6-7-11-17-13)14-9-4-5-10-16(14)19-3/h4-5,9-10,13,15,17H,6-8,11-12H2,1-3H3. The number of rotatable bonds is 5. The lowest BCUT2D eigenvalue weighted by Gasteiger charge is -2.32. The second kappa shape index (κ2) is 6.92. The molecule has 1 aliphatic rings. The number of ether oxygens (including phenoxy) is 1. The number of hydrogen-bond acceptors (Lipinski definition) is 3. The van der Waals surface area contributed by atoms with Gasteiger partial charge in [-0.3, -0.25) is 0 Å². The molecule has 1 aliphatic heterocycles. The fraction of sp³-hybridized carbons (Fsp3) is 0.625. The van der Waals surface area contributed by atoms with Crippen molar-refractivity contribution < 1.29 is 4.74 Å². The molecule has 1 heterocycles. The Morgan fingerprint density at radius 3 is 2.74 bits per heavy atom. The Labute approximate surface area is 116 Å². The largest absolute Gasteiger partial charge is 0.496 e. The van der Waals surface area contributed by atoms with Crippen molar-refractivity contribution in [3.63, 3.8) is 0 Å². The molecule has 19 heavy (non-hydrogen) atoms. The molecule has 0 spiro atoms. The summed E-state index contributed by atoms with van der Waals surface area (Å²) in [5.74, 6) is 0.997. The Kier molecular flexibility index (Phi) is 5.23. The van der Waals surface area contributed by atoms with E-state index in [1.54, 1.807) is 7.11 Å². The second-order valence-electron chi connectivity index (χ2n) is 5.60. The molecule has 1 N–H and O–H groups in total. The lowest BCUT2D eigenvalue weighted by Crippen LogP contribution is -2.37. The lowest BCUT2D eigenvalue weighted by atomic mass is 9.93. The van der Waals surface area contributed by atoms with Crippen molar-refractivity contribution in [1.82, 2.24) is 10.2 Å². The Morgan fingerprint density at radius 1 is 1.32 bits per heavy atom. The highest BCUT2D eigenvalue weighted by atomic mass is 16.5. The van der Waals surface area contributed by atoms with Crippen molar-refractivity contribution in [2.24, 2.45) is 0 Å². The SMILES string of the molecule is COc1ccccc1C(CC1CCCCN1)N(C)C. The van der Waals surface area contributed by atoms with E-state index in [2.05, 4.69) is 42.5 Å². The maximum absolute atomic E-state index is 5.52. The Hall–Kier alpha value is -1.06. The van der Waals surface area contributed by atoms with Crippen LogP contribution >= 0.6 is 0 Å². The molecule has 2 rings (SSSR count). The minimum Gasteiger partial charge on any atom is -0.496 e. The highest BCUT2D eigenvalue weighted by Crippen LogP contribution is 2.32. The highest BCUT2D eigenvalue weighted by Gasteiger charge is 2.23. The first kappa shape index (κ1) is 14.4. The summed E-state index contributed by atoms with van der Waals surface area (Å²) in [7, 11) is 6.06. The topological polar surface area (TPSA) is 24.5 Å². The highest BCUT2D eigenvalue weighted by molar-refractivity contribution is 5.36. The molecular formula is C16H26N2O. The van der Waals surface area contributed by atoms with Crippen LogP contribution in [0, 0.1) is 0 Å². The Bertz CT molecular complexity index is 386. The molecule has 2 atom stereocenters. The van der Waals surface area contributed by atoms with Crippen molar-refractivity contribution >= 4 is 0 Å². The van der Waals surface area contributed by atoms with Crippen LogP contribution in [0.4, 0.5) is 0 Å². The number of methoxy groups -OCH3 is 1. The predicted molar refractivity (Wildman–Crippen MR) is 79.7 cm³/mol. The normalized spacial score (nSPS) is 21.4. The first-order valence-corrected chi connectivity index (χ1v) is 7.25. The molecule has 1 fully saturated rings. The van der Waals surface area contributed by atoms with E-state index >= 15 is 0 Å². The van der Waals surface area contributed by atoms with Crippen molar-refractivity contribution in [3.8, 4) is 5.75 Å². The zero-order valence-corrected chi connectivity index (χ0v) is 12.4. The second-order valence-corrected chi connectivity index (χ2v) is 5.60. The van der Waals surface area contributed by atoms with Gasteiger partial charge in [0.05, 0.1) is 7.11 Å². The van der Waals surface area contributed by atoms with Crippen LogP contribution in [0.15, 0.2) is 24.3 Å². The van der Waals surface area contributed by atoms with E-state index in [0.717, 1.165) is 18.7 Å². The molecule has 2 unspecified atom stereocenters. The molecule has 106 valence electrons. The van der Waals surface area contributed by atoms with Gasteiger partial charge in [-0.15, -0.1) is 0 Å². The monoisotopic (exact) mass is 262 g/mol. The Morgan fingerprint density at radius 2 is 2.11 bits per heavy atom. The summed E-state index contributed by atoms with van der Waals surface area (Å²) in [4.78, 5) is 2.30. The summed E-state index contributed by atoms with van der Waals surface area (Å²) >= 11 is 0. The molecule has 1 aromatic rings. The van der Waals surface area contributed by atoms with Crippen LogP contribution in [0.3, 0.4) is 0 Å². The van der Waals surface area contributed by atoms with Crippen LogP contribution in [-0.2, 0) is 0 Å². The minimum absolute atomic E-state index is 0.409. The fourth-order valence-corrected chi connectivity index (χ4v) is 2.95. The van der Waals surface area contributed by atoms with Crippen LogP contribution in [0.25, 0.3) is 0 Å². The number of para-hydroxylation sites is 1. The summed E-state index contributed by atoms with van der Waals surface area (Å²) in [6.07, 6.45) is 5.11. The number of nitrogens with one attached hydrogen (secondary N) is 1. The van der Waals surface area contributed by atoms with E-state index in [1.807, 2.05) is 6.07 Å². The summed E-state index contributed by atoms with van der Waals surface area (Å²) in [6, 6.07) is 9.42.